The third kappa shape index (κ3) is 3.47. The maximum Gasteiger partial charge on any atom is 0.0571 e. The minimum atomic E-state index is -0.423. The summed E-state index contributed by atoms with van der Waals surface area (Å²) < 4.78 is 0. The number of hydrogen-bond acceptors (Lipinski definition) is 1. The molecule has 3 aromatic carbocycles. The predicted octanol–water partition coefficient (Wildman–Crippen LogP) is 5.07. The summed E-state index contributed by atoms with van der Waals surface area (Å²) in [6.07, 6.45) is 5.02. The molecule has 24 heavy (non-hydrogen) atoms. The summed E-state index contributed by atoms with van der Waals surface area (Å²) in [7, 11) is 0. The van der Waals surface area contributed by atoms with Crippen LogP contribution in [0.4, 0.5) is 0 Å². The Morgan fingerprint density at radius 1 is 0.667 bits per heavy atom. The largest absolute Gasteiger partial charge is 0.395 e. The molecule has 3 rings (SSSR count). The van der Waals surface area contributed by atoms with Crippen molar-refractivity contribution in [1.29, 1.82) is 0 Å². The van der Waals surface area contributed by atoms with Crippen molar-refractivity contribution in [3.8, 4) is 0 Å². The summed E-state index contributed by atoms with van der Waals surface area (Å²) >= 11 is 0. The highest BCUT2D eigenvalue weighted by atomic mass is 16.3. The van der Waals surface area contributed by atoms with Gasteiger partial charge in [0, 0.05) is 5.41 Å². The Labute approximate surface area is 143 Å². The summed E-state index contributed by atoms with van der Waals surface area (Å²) in [4.78, 5) is 0. The van der Waals surface area contributed by atoms with Crippen LogP contribution in [0, 0.1) is 0 Å². The Bertz CT molecular complexity index is 721. The molecular weight excluding hydrogens is 292 g/mol. The molecule has 1 heteroatoms. The highest BCUT2D eigenvalue weighted by Gasteiger charge is 2.32. The molecule has 0 saturated carbocycles. The van der Waals surface area contributed by atoms with Crippen molar-refractivity contribution < 1.29 is 5.11 Å². The normalized spacial score (nSPS) is 11.7. The summed E-state index contributed by atoms with van der Waals surface area (Å²) in [5, 5.41) is 10.3. The average Bonchev–Trinajstić information content (AvgIpc) is 2.68. The molecule has 1 nitrogen and oxygen atoms in total. The maximum absolute atomic E-state index is 10.3. The van der Waals surface area contributed by atoms with E-state index in [-0.39, 0.29) is 6.61 Å². The number of rotatable bonds is 6. The minimum Gasteiger partial charge on any atom is -0.395 e. The smallest absolute Gasteiger partial charge is 0.0571 e. The van der Waals surface area contributed by atoms with Crippen LogP contribution in [0.5, 0.6) is 0 Å². The van der Waals surface area contributed by atoms with Gasteiger partial charge in [-0.3, -0.25) is 0 Å². The van der Waals surface area contributed by atoms with Crippen LogP contribution in [0.2, 0.25) is 0 Å². The van der Waals surface area contributed by atoms with Gasteiger partial charge in [-0.1, -0.05) is 103 Å². The van der Waals surface area contributed by atoms with Gasteiger partial charge in [0.05, 0.1) is 6.61 Å². The Morgan fingerprint density at radius 3 is 1.58 bits per heavy atom. The van der Waals surface area contributed by atoms with Crippen molar-refractivity contribution in [3.05, 3.63) is 114 Å². The Kier molecular flexibility index (Phi) is 5.25. The van der Waals surface area contributed by atoms with E-state index >= 15 is 0 Å². The molecule has 0 aromatic heterocycles. The summed E-state index contributed by atoms with van der Waals surface area (Å²) in [6, 6.07) is 30.8. The molecule has 0 aliphatic carbocycles. The monoisotopic (exact) mass is 314 g/mol. The highest BCUT2D eigenvalue weighted by molar-refractivity contribution is 5.50. The van der Waals surface area contributed by atoms with Crippen LogP contribution in [0.3, 0.4) is 0 Å². The molecule has 0 bridgehead atoms. The number of aliphatic hydroxyl groups is 1. The fourth-order valence-corrected chi connectivity index (χ4v) is 3.12. The van der Waals surface area contributed by atoms with E-state index in [0.29, 0.717) is 0 Å². The molecule has 0 spiro atoms. The minimum absolute atomic E-state index is 0.0696. The van der Waals surface area contributed by atoms with Gasteiger partial charge in [-0.2, -0.15) is 0 Å². The quantitative estimate of drug-likeness (QED) is 0.673. The second-order valence-electron chi connectivity index (χ2n) is 5.99. The van der Waals surface area contributed by atoms with Gasteiger partial charge in [-0.05, 0) is 23.1 Å². The van der Waals surface area contributed by atoms with Gasteiger partial charge < -0.3 is 5.11 Å². The maximum atomic E-state index is 10.3. The van der Waals surface area contributed by atoms with Gasteiger partial charge in [-0.15, -0.1) is 0 Å². The van der Waals surface area contributed by atoms with E-state index in [2.05, 4.69) is 48.6 Å². The standard InChI is InChI=1S/C23H22O/c24-19-23(21-14-6-2-7-15-21,22-16-8-3-9-17-22)18-10-13-20-11-4-1-5-12-20/h1-17,24H,18-19H2/b13-10+. The number of hydrogen-bond donors (Lipinski definition) is 1. The van der Waals surface area contributed by atoms with Gasteiger partial charge in [0.2, 0.25) is 0 Å². The first kappa shape index (κ1) is 16.2. The Balaban J connectivity index is 1.97. The molecule has 0 atom stereocenters. The first-order valence-corrected chi connectivity index (χ1v) is 8.29. The van der Waals surface area contributed by atoms with Crippen LogP contribution in [0.15, 0.2) is 97.1 Å². The lowest BCUT2D eigenvalue weighted by atomic mass is 9.72. The van der Waals surface area contributed by atoms with Gasteiger partial charge in [-0.25, -0.2) is 0 Å². The molecular formula is C23H22O. The Morgan fingerprint density at radius 2 is 1.12 bits per heavy atom. The van der Waals surface area contributed by atoms with Gasteiger partial charge in [0.15, 0.2) is 0 Å². The van der Waals surface area contributed by atoms with Crippen LogP contribution in [-0.4, -0.2) is 11.7 Å². The van der Waals surface area contributed by atoms with Crippen LogP contribution >= 0.6 is 0 Å². The van der Waals surface area contributed by atoms with E-state index < -0.39 is 5.41 Å². The van der Waals surface area contributed by atoms with Gasteiger partial charge in [0.1, 0.15) is 0 Å². The second kappa shape index (κ2) is 7.76. The molecule has 1 N–H and O–H groups in total. The molecule has 0 radical (unpaired) electrons. The van der Waals surface area contributed by atoms with E-state index in [0.717, 1.165) is 17.5 Å². The zero-order valence-electron chi connectivity index (χ0n) is 13.7. The predicted molar refractivity (Wildman–Crippen MR) is 101 cm³/mol. The van der Waals surface area contributed by atoms with E-state index in [1.54, 1.807) is 0 Å². The third-order valence-corrected chi connectivity index (χ3v) is 4.50. The van der Waals surface area contributed by atoms with Crippen molar-refractivity contribution in [1.82, 2.24) is 0 Å². The van der Waals surface area contributed by atoms with E-state index in [1.807, 2.05) is 54.6 Å². The lowest BCUT2D eigenvalue weighted by Gasteiger charge is -2.32. The lowest BCUT2D eigenvalue weighted by molar-refractivity contribution is 0.221. The van der Waals surface area contributed by atoms with Crippen LogP contribution in [0.1, 0.15) is 23.1 Å². The van der Waals surface area contributed by atoms with E-state index in [1.165, 1.54) is 5.56 Å². The van der Waals surface area contributed by atoms with Crippen LogP contribution in [0.25, 0.3) is 6.08 Å². The van der Waals surface area contributed by atoms with Crippen molar-refractivity contribution in [2.24, 2.45) is 0 Å². The second-order valence-corrected chi connectivity index (χ2v) is 5.99. The lowest BCUT2D eigenvalue weighted by Crippen LogP contribution is -2.31. The first-order chi connectivity index (χ1) is 11.8. The first-order valence-electron chi connectivity index (χ1n) is 8.29. The van der Waals surface area contributed by atoms with Crippen molar-refractivity contribution in [2.75, 3.05) is 6.61 Å². The average molecular weight is 314 g/mol. The molecule has 3 aromatic rings. The third-order valence-electron chi connectivity index (χ3n) is 4.50. The molecule has 120 valence electrons. The summed E-state index contributed by atoms with van der Waals surface area (Å²) in [6.45, 7) is 0.0696. The number of benzene rings is 3. The van der Waals surface area contributed by atoms with Crippen LogP contribution < -0.4 is 0 Å². The highest BCUT2D eigenvalue weighted by Crippen LogP contribution is 2.36. The molecule has 0 saturated heterocycles. The Hall–Kier alpha value is -2.64. The van der Waals surface area contributed by atoms with Crippen molar-refractivity contribution in [2.45, 2.75) is 11.8 Å². The topological polar surface area (TPSA) is 20.2 Å². The fraction of sp³-hybridized carbons (Fsp3) is 0.130. The number of aliphatic hydroxyl groups excluding tert-OH is 1. The molecule has 0 unspecified atom stereocenters. The van der Waals surface area contributed by atoms with Crippen molar-refractivity contribution >= 4 is 6.08 Å². The molecule has 0 fully saturated rings. The fourth-order valence-electron chi connectivity index (χ4n) is 3.12. The van der Waals surface area contributed by atoms with E-state index in [4.69, 9.17) is 0 Å². The number of allylic oxidation sites excluding steroid dienone is 1. The molecule has 0 aliphatic rings. The molecule has 0 amide bonds. The van der Waals surface area contributed by atoms with E-state index in [9.17, 15) is 5.11 Å². The zero-order valence-corrected chi connectivity index (χ0v) is 13.7. The van der Waals surface area contributed by atoms with Crippen LogP contribution in [-0.2, 0) is 5.41 Å². The van der Waals surface area contributed by atoms with Gasteiger partial charge in [0.25, 0.3) is 0 Å². The molecule has 0 heterocycles. The van der Waals surface area contributed by atoms with Crippen molar-refractivity contribution in [3.63, 3.8) is 0 Å². The van der Waals surface area contributed by atoms with Gasteiger partial charge >= 0.3 is 0 Å². The zero-order chi connectivity index (χ0) is 16.7. The SMILES string of the molecule is OCC(C/C=C/c1ccccc1)(c1ccccc1)c1ccccc1. The summed E-state index contributed by atoms with van der Waals surface area (Å²) in [5.41, 5.74) is 3.02. The molecule has 0 aliphatic heterocycles. The summed E-state index contributed by atoms with van der Waals surface area (Å²) in [5.74, 6) is 0.